The van der Waals surface area contributed by atoms with Crippen LogP contribution in [0.3, 0.4) is 0 Å². The van der Waals surface area contributed by atoms with Gasteiger partial charge in [0.15, 0.2) is 0 Å². The zero-order valence-corrected chi connectivity index (χ0v) is 11.6. The number of benzene rings is 1. The number of carbonyl (C=O) groups excluding carboxylic acids is 1. The number of amides is 1. The summed E-state index contributed by atoms with van der Waals surface area (Å²) in [5.41, 5.74) is 5.87. The number of hydrogen-bond acceptors (Lipinski definition) is 4. The number of nitrogens with one attached hydrogen (secondary N) is 1. The summed E-state index contributed by atoms with van der Waals surface area (Å²) < 4.78 is 18.2. The molecule has 0 saturated heterocycles. The molecule has 106 valence electrons. The average molecular weight is 294 g/mol. The van der Waals surface area contributed by atoms with Gasteiger partial charge < -0.3 is 15.8 Å². The van der Waals surface area contributed by atoms with Crippen molar-refractivity contribution in [1.82, 2.24) is 0 Å². The lowest BCUT2D eigenvalue weighted by Crippen LogP contribution is -2.19. The van der Waals surface area contributed by atoms with Crippen molar-refractivity contribution in [2.45, 2.75) is 6.42 Å². The smallest absolute Gasteiger partial charge is 0.250 e. The Morgan fingerprint density at radius 1 is 1.40 bits per heavy atom. The van der Waals surface area contributed by atoms with E-state index in [0.29, 0.717) is 12.3 Å². The van der Waals surface area contributed by atoms with Crippen molar-refractivity contribution in [1.29, 1.82) is 0 Å². The summed E-state index contributed by atoms with van der Waals surface area (Å²) in [6.07, 6.45) is 0.786. The minimum atomic E-state index is -0.504. The Morgan fingerprint density at radius 2 is 2.25 bits per heavy atom. The third-order valence-corrected chi connectivity index (χ3v) is 3.52. The molecule has 0 aliphatic rings. The van der Waals surface area contributed by atoms with Crippen molar-refractivity contribution < 1.29 is 13.9 Å². The van der Waals surface area contributed by atoms with Gasteiger partial charge in [-0.3, -0.25) is 4.79 Å². The van der Waals surface area contributed by atoms with Crippen molar-refractivity contribution in [3.8, 4) is 0 Å². The molecule has 0 spiro atoms. The van der Waals surface area contributed by atoms with Crippen LogP contribution < -0.4 is 11.1 Å². The van der Waals surface area contributed by atoms with E-state index >= 15 is 0 Å². The van der Waals surface area contributed by atoms with E-state index in [1.165, 1.54) is 23.1 Å². The van der Waals surface area contributed by atoms with Gasteiger partial charge in [-0.05, 0) is 29.6 Å². The van der Waals surface area contributed by atoms with Gasteiger partial charge in [0.05, 0.1) is 12.3 Å². The molecule has 0 bridgehead atoms. The summed E-state index contributed by atoms with van der Waals surface area (Å²) in [5.74, 6) is -0.794. The molecule has 1 aromatic carbocycles. The van der Waals surface area contributed by atoms with E-state index in [2.05, 4.69) is 5.32 Å². The van der Waals surface area contributed by atoms with Crippen molar-refractivity contribution in [2.24, 2.45) is 0 Å². The molecule has 1 aromatic heterocycles. The van der Waals surface area contributed by atoms with Crippen LogP contribution in [0.4, 0.5) is 15.8 Å². The maximum atomic E-state index is 13.0. The fourth-order valence-electron chi connectivity index (χ4n) is 1.61. The Labute approximate surface area is 120 Å². The topological polar surface area (TPSA) is 64.3 Å². The third-order valence-electron chi connectivity index (χ3n) is 2.59. The van der Waals surface area contributed by atoms with Crippen LogP contribution in [0.2, 0.25) is 0 Å². The molecule has 1 amide bonds. The summed E-state index contributed by atoms with van der Waals surface area (Å²) in [7, 11) is 0. The number of ether oxygens (including phenoxy) is 1. The second-order valence-corrected chi connectivity index (χ2v) is 5.20. The SMILES string of the molecule is Nc1cc(NC(=O)COCCc2cccs2)ccc1F. The average Bonchev–Trinajstić information content (AvgIpc) is 2.92. The summed E-state index contributed by atoms with van der Waals surface area (Å²) in [5, 5.41) is 4.60. The predicted octanol–water partition coefficient (Wildman–Crippen LogP) is 2.67. The Kier molecular flexibility index (Phi) is 5.09. The van der Waals surface area contributed by atoms with Gasteiger partial charge in [-0.1, -0.05) is 6.07 Å². The second-order valence-electron chi connectivity index (χ2n) is 4.17. The zero-order valence-electron chi connectivity index (χ0n) is 10.8. The van der Waals surface area contributed by atoms with E-state index in [1.54, 1.807) is 11.3 Å². The van der Waals surface area contributed by atoms with Crippen molar-refractivity contribution in [3.05, 3.63) is 46.4 Å². The molecule has 0 aliphatic carbocycles. The van der Waals surface area contributed by atoms with Crippen molar-refractivity contribution >= 4 is 28.6 Å². The van der Waals surface area contributed by atoms with E-state index in [9.17, 15) is 9.18 Å². The number of hydrogen-bond donors (Lipinski definition) is 2. The molecule has 0 atom stereocenters. The Balaban J connectivity index is 1.71. The summed E-state index contributed by atoms with van der Waals surface area (Å²) in [6.45, 7) is 0.447. The van der Waals surface area contributed by atoms with Gasteiger partial charge in [0.1, 0.15) is 12.4 Å². The van der Waals surface area contributed by atoms with Crippen LogP contribution in [0.5, 0.6) is 0 Å². The predicted molar refractivity (Wildman–Crippen MR) is 78.3 cm³/mol. The first-order valence-corrected chi connectivity index (χ1v) is 6.98. The highest BCUT2D eigenvalue weighted by Gasteiger charge is 2.05. The number of carbonyl (C=O) groups is 1. The molecule has 0 unspecified atom stereocenters. The lowest BCUT2D eigenvalue weighted by atomic mass is 10.2. The lowest BCUT2D eigenvalue weighted by Gasteiger charge is -2.07. The maximum absolute atomic E-state index is 13.0. The number of nitrogens with two attached hydrogens (primary N) is 1. The number of anilines is 2. The fraction of sp³-hybridized carbons (Fsp3) is 0.214. The number of nitrogen functional groups attached to an aromatic ring is 1. The summed E-state index contributed by atoms with van der Waals surface area (Å²) in [6, 6.07) is 8.04. The zero-order chi connectivity index (χ0) is 14.4. The standard InChI is InChI=1S/C14H15FN2O2S/c15-12-4-3-10(8-13(12)16)17-14(18)9-19-6-5-11-2-1-7-20-11/h1-4,7-8H,5-6,9,16H2,(H,17,18). The highest BCUT2D eigenvalue weighted by Crippen LogP contribution is 2.16. The molecule has 2 rings (SSSR count). The van der Waals surface area contributed by atoms with Gasteiger partial charge in [-0.15, -0.1) is 11.3 Å². The molecule has 6 heteroatoms. The number of halogens is 1. The monoisotopic (exact) mass is 294 g/mol. The molecule has 20 heavy (non-hydrogen) atoms. The first kappa shape index (κ1) is 14.5. The quantitative estimate of drug-likeness (QED) is 0.636. The molecular weight excluding hydrogens is 279 g/mol. The van der Waals surface area contributed by atoms with E-state index in [1.807, 2.05) is 17.5 Å². The number of rotatable bonds is 6. The van der Waals surface area contributed by atoms with Crippen LogP contribution in [0.25, 0.3) is 0 Å². The van der Waals surface area contributed by atoms with Gasteiger partial charge in [0, 0.05) is 17.0 Å². The Bertz CT molecular complexity index is 573. The summed E-state index contributed by atoms with van der Waals surface area (Å²) >= 11 is 1.66. The first-order chi connectivity index (χ1) is 9.65. The summed E-state index contributed by atoms with van der Waals surface area (Å²) in [4.78, 5) is 12.8. The third kappa shape index (κ3) is 4.32. The minimum Gasteiger partial charge on any atom is -0.396 e. The molecular formula is C14H15FN2O2S. The van der Waals surface area contributed by atoms with E-state index in [0.717, 1.165) is 6.42 Å². The minimum absolute atomic E-state index is 0.00131. The van der Waals surface area contributed by atoms with E-state index in [4.69, 9.17) is 10.5 Å². The van der Waals surface area contributed by atoms with Gasteiger partial charge in [-0.25, -0.2) is 4.39 Å². The van der Waals surface area contributed by atoms with Gasteiger partial charge >= 0.3 is 0 Å². The second kappa shape index (κ2) is 7.02. The van der Waals surface area contributed by atoms with Crippen molar-refractivity contribution in [2.75, 3.05) is 24.3 Å². The highest BCUT2D eigenvalue weighted by atomic mass is 32.1. The van der Waals surface area contributed by atoms with Gasteiger partial charge in [0.2, 0.25) is 5.91 Å². The van der Waals surface area contributed by atoms with Crippen LogP contribution in [0, 0.1) is 5.82 Å². The van der Waals surface area contributed by atoms with E-state index < -0.39 is 5.82 Å². The molecule has 2 aromatic rings. The molecule has 0 aliphatic heterocycles. The number of thiophene rings is 1. The molecule has 1 heterocycles. The van der Waals surface area contributed by atoms with Gasteiger partial charge in [0.25, 0.3) is 0 Å². The van der Waals surface area contributed by atoms with Crippen molar-refractivity contribution in [3.63, 3.8) is 0 Å². The molecule has 3 N–H and O–H groups in total. The van der Waals surface area contributed by atoms with Crippen LogP contribution in [-0.4, -0.2) is 19.1 Å². The first-order valence-electron chi connectivity index (χ1n) is 6.10. The fourth-order valence-corrected chi connectivity index (χ4v) is 2.30. The molecule has 0 fully saturated rings. The van der Waals surface area contributed by atoms with Crippen LogP contribution in [0.15, 0.2) is 35.7 Å². The highest BCUT2D eigenvalue weighted by molar-refractivity contribution is 7.09. The normalized spacial score (nSPS) is 10.4. The maximum Gasteiger partial charge on any atom is 0.250 e. The molecule has 4 nitrogen and oxygen atoms in total. The van der Waals surface area contributed by atoms with Crippen LogP contribution >= 0.6 is 11.3 Å². The van der Waals surface area contributed by atoms with Gasteiger partial charge in [-0.2, -0.15) is 0 Å². The van der Waals surface area contributed by atoms with Crippen LogP contribution in [-0.2, 0) is 16.0 Å². The van der Waals surface area contributed by atoms with Crippen LogP contribution in [0.1, 0.15) is 4.88 Å². The molecule has 0 saturated carbocycles. The Morgan fingerprint density at radius 3 is 2.95 bits per heavy atom. The Hall–Kier alpha value is -1.92. The molecule has 0 radical (unpaired) electrons. The van der Waals surface area contributed by atoms with E-state index in [-0.39, 0.29) is 18.2 Å². The largest absolute Gasteiger partial charge is 0.396 e. The lowest BCUT2D eigenvalue weighted by molar-refractivity contribution is -0.120.